The van der Waals surface area contributed by atoms with Crippen molar-refractivity contribution < 1.29 is 0 Å². The van der Waals surface area contributed by atoms with Gasteiger partial charge in [-0.3, -0.25) is 4.79 Å². The number of nitrogens with zero attached hydrogens (tertiary/aromatic N) is 2. The molecule has 0 bridgehead atoms. The summed E-state index contributed by atoms with van der Waals surface area (Å²) in [4.78, 5) is 12.5. The van der Waals surface area contributed by atoms with Crippen LogP contribution in [0.3, 0.4) is 0 Å². The van der Waals surface area contributed by atoms with Crippen LogP contribution in [0.1, 0.15) is 11.1 Å². The first kappa shape index (κ1) is 17.6. The van der Waals surface area contributed by atoms with Gasteiger partial charge in [0, 0.05) is 11.2 Å². The Morgan fingerprint density at radius 2 is 1.64 bits per heavy atom. The van der Waals surface area contributed by atoms with Gasteiger partial charge in [0.25, 0.3) is 5.56 Å². The van der Waals surface area contributed by atoms with Gasteiger partial charge in [-0.15, -0.1) is 0 Å². The van der Waals surface area contributed by atoms with Crippen molar-refractivity contribution in [2.24, 2.45) is 0 Å². The largest absolute Gasteiger partial charge is 0.309 e. The first-order valence-corrected chi connectivity index (χ1v) is 8.46. The van der Waals surface area contributed by atoms with E-state index in [1.807, 2.05) is 18.2 Å². The van der Waals surface area contributed by atoms with Crippen LogP contribution in [0.2, 0.25) is 15.1 Å². The standard InChI is InChI=1S/C19H11Cl3N2O/c20-16-4-2-13(3-5-16)15-8-14(9-23)19(25)24(11-15)10-12-1-6-17(21)18(22)7-12/h1-8,11H,10H2. The van der Waals surface area contributed by atoms with Crippen molar-refractivity contribution in [1.29, 1.82) is 5.26 Å². The Labute approximate surface area is 159 Å². The van der Waals surface area contributed by atoms with Crippen LogP contribution in [0.15, 0.2) is 59.5 Å². The number of rotatable bonds is 3. The van der Waals surface area contributed by atoms with Gasteiger partial charge in [-0.25, -0.2) is 0 Å². The lowest BCUT2D eigenvalue weighted by Crippen LogP contribution is -2.22. The van der Waals surface area contributed by atoms with Gasteiger partial charge in [0.15, 0.2) is 0 Å². The van der Waals surface area contributed by atoms with Crippen molar-refractivity contribution in [2.45, 2.75) is 6.54 Å². The number of halogens is 3. The average Bonchev–Trinajstić information content (AvgIpc) is 2.60. The third-order valence-electron chi connectivity index (χ3n) is 3.72. The fourth-order valence-corrected chi connectivity index (χ4v) is 2.91. The van der Waals surface area contributed by atoms with E-state index in [1.54, 1.807) is 42.6 Å². The molecular formula is C19H11Cl3N2O. The van der Waals surface area contributed by atoms with Crippen molar-refractivity contribution in [3.63, 3.8) is 0 Å². The second-order valence-corrected chi connectivity index (χ2v) is 6.69. The van der Waals surface area contributed by atoms with Crippen molar-refractivity contribution in [2.75, 3.05) is 0 Å². The number of hydrogen-bond donors (Lipinski definition) is 0. The van der Waals surface area contributed by atoms with Crippen molar-refractivity contribution in [1.82, 2.24) is 4.57 Å². The monoisotopic (exact) mass is 388 g/mol. The second kappa shape index (κ2) is 7.33. The normalized spacial score (nSPS) is 10.5. The maximum absolute atomic E-state index is 12.5. The summed E-state index contributed by atoms with van der Waals surface area (Å²) in [5, 5.41) is 10.8. The third-order valence-corrected chi connectivity index (χ3v) is 4.71. The van der Waals surface area contributed by atoms with E-state index in [4.69, 9.17) is 34.8 Å². The van der Waals surface area contributed by atoms with Gasteiger partial charge in [0.2, 0.25) is 0 Å². The van der Waals surface area contributed by atoms with Crippen LogP contribution in [0.5, 0.6) is 0 Å². The molecule has 25 heavy (non-hydrogen) atoms. The fraction of sp³-hybridized carbons (Fsp3) is 0.0526. The Balaban J connectivity index is 2.07. The van der Waals surface area contributed by atoms with Gasteiger partial charge >= 0.3 is 0 Å². The average molecular weight is 390 g/mol. The zero-order chi connectivity index (χ0) is 18.0. The molecule has 0 amide bonds. The van der Waals surface area contributed by atoms with Gasteiger partial charge in [-0.1, -0.05) is 53.0 Å². The molecule has 2 aromatic carbocycles. The van der Waals surface area contributed by atoms with Gasteiger partial charge < -0.3 is 4.57 Å². The summed E-state index contributed by atoms with van der Waals surface area (Å²) in [7, 11) is 0. The van der Waals surface area contributed by atoms with E-state index >= 15 is 0 Å². The van der Waals surface area contributed by atoms with E-state index < -0.39 is 0 Å². The molecule has 0 saturated carbocycles. The quantitative estimate of drug-likeness (QED) is 0.602. The van der Waals surface area contributed by atoms with Gasteiger partial charge in [-0.05, 0) is 47.0 Å². The van der Waals surface area contributed by atoms with Crippen LogP contribution >= 0.6 is 34.8 Å². The first-order valence-electron chi connectivity index (χ1n) is 7.32. The molecule has 3 nitrogen and oxygen atoms in total. The summed E-state index contributed by atoms with van der Waals surface area (Å²) in [6.45, 7) is 0.284. The molecule has 3 rings (SSSR count). The summed E-state index contributed by atoms with van der Waals surface area (Å²) in [5.41, 5.74) is 2.16. The highest BCUT2D eigenvalue weighted by Crippen LogP contribution is 2.24. The summed E-state index contributed by atoms with van der Waals surface area (Å²) in [5.74, 6) is 0. The highest BCUT2D eigenvalue weighted by Gasteiger charge is 2.09. The molecule has 0 radical (unpaired) electrons. The number of benzene rings is 2. The van der Waals surface area contributed by atoms with Crippen molar-refractivity contribution >= 4 is 34.8 Å². The third kappa shape index (κ3) is 3.88. The molecule has 0 atom stereocenters. The molecule has 0 unspecified atom stereocenters. The van der Waals surface area contributed by atoms with Crippen LogP contribution in [-0.2, 0) is 6.54 Å². The first-order chi connectivity index (χ1) is 12.0. The molecule has 3 aromatic rings. The molecule has 0 saturated heterocycles. The zero-order valence-corrected chi connectivity index (χ0v) is 15.1. The maximum Gasteiger partial charge on any atom is 0.268 e. The lowest BCUT2D eigenvalue weighted by atomic mass is 10.1. The number of nitriles is 1. The van der Waals surface area contributed by atoms with Gasteiger partial charge in [-0.2, -0.15) is 5.26 Å². The Morgan fingerprint density at radius 1 is 0.920 bits per heavy atom. The topological polar surface area (TPSA) is 45.8 Å². The minimum absolute atomic E-state index is 0.0764. The van der Waals surface area contributed by atoms with Crippen LogP contribution in [0, 0.1) is 11.3 Å². The van der Waals surface area contributed by atoms with E-state index in [-0.39, 0.29) is 17.7 Å². The van der Waals surface area contributed by atoms with E-state index in [1.165, 1.54) is 4.57 Å². The fourth-order valence-electron chi connectivity index (χ4n) is 2.47. The Kier molecular flexibility index (Phi) is 5.15. The van der Waals surface area contributed by atoms with Crippen LogP contribution < -0.4 is 5.56 Å². The molecule has 0 N–H and O–H groups in total. The SMILES string of the molecule is N#Cc1cc(-c2ccc(Cl)cc2)cn(Cc2ccc(Cl)c(Cl)c2)c1=O. The minimum Gasteiger partial charge on any atom is -0.309 e. The maximum atomic E-state index is 12.5. The summed E-state index contributed by atoms with van der Waals surface area (Å²) in [6, 6.07) is 15.9. The summed E-state index contributed by atoms with van der Waals surface area (Å²) < 4.78 is 1.49. The number of pyridine rings is 1. The Bertz CT molecular complexity index is 1030. The van der Waals surface area contributed by atoms with Gasteiger partial charge in [0.1, 0.15) is 11.6 Å². The lowest BCUT2D eigenvalue weighted by Gasteiger charge is -2.11. The molecule has 0 fully saturated rings. The number of aromatic nitrogens is 1. The molecule has 0 aliphatic rings. The zero-order valence-electron chi connectivity index (χ0n) is 12.8. The molecule has 0 aliphatic carbocycles. The summed E-state index contributed by atoms with van der Waals surface area (Å²) in [6.07, 6.45) is 1.72. The molecule has 6 heteroatoms. The highest BCUT2D eigenvalue weighted by molar-refractivity contribution is 6.42. The Hall–Kier alpha value is -2.25. The predicted molar refractivity (Wildman–Crippen MR) is 101 cm³/mol. The minimum atomic E-state index is -0.355. The number of hydrogen-bond acceptors (Lipinski definition) is 2. The molecule has 0 aliphatic heterocycles. The van der Waals surface area contributed by atoms with Crippen LogP contribution in [-0.4, -0.2) is 4.57 Å². The van der Waals surface area contributed by atoms with Crippen molar-refractivity contribution in [3.8, 4) is 17.2 Å². The van der Waals surface area contributed by atoms with E-state index in [0.29, 0.717) is 15.1 Å². The van der Waals surface area contributed by atoms with E-state index in [9.17, 15) is 10.1 Å². The smallest absolute Gasteiger partial charge is 0.268 e. The molecule has 1 heterocycles. The van der Waals surface area contributed by atoms with E-state index in [2.05, 4.69) is 0 Å². The highest BCUT2D eigenvalue weighted by atomic mass is 35.5. The van der Waals surface area contributed by atoms with E-state index in [0.717, 1.165) is 16.7 Å². The summed E-state index contributed by atoms with van der Waals surface area (Å²) >= 11 is 17.9. The molecule has 0 spiro atoms. The lowest BCUT2D eigenvalue weighted by molar-refractivity contribution is 0.758. The van der Waals surface area contributed by atoms with Crippen LogP contribution in [0.4, 0.5) is 0 Å². The molecule has 124 valence electrons. The van der Waals surface area contributed by atoms with Crippen LogP contribution in [0.25, 0.3) is 11.1 Å². The van der Waals surface area contributed by atoms with Gasteiger partial charge in [0.05, 0.1) is 16.6 Å². The van der Waals surface area contributed by atoms with Crippen molar-refractivity contribution in [3.05, 3.63) is 91.3 Å². The molecule has 1 aromatic heterocycles. The predicted octanol–water partition coefficient (Wildman–Crippen LogP) is 5.40. The second-order valence-electron chi connectivity index (χ2n) is 5.44. The Morgan fingerprint density at radius 3 is 2.28 bits per heavy atom. The molecular weight excluding hydrogens is 379 g/mol.